The van der Waals surface area contributed by atoms with Gasteiger partial charge in [0.1, 0.15) is 5.69 Å². The third-order valence-electron chi connectivity index (χ3n) is 6.40. The first-order valence-electron chi connectivity index (χ1n) is 12.0. The number of halogens is 4. The van der Waals surface area contributed by atoms with E-state index in [9.17, 15) is 31.5 Å². The van der Waals surface area contributed by atoms with Gasteiger partial charge >= 0.3 is 6.18 Å². The lowest BCUT2D eigenvalue weighted by Crippen LogP contribution is -2.45. The number of rotatable bonds is 7. The first-order valence-corrected chi connectivity index (χ1v) is 13.9. The second-order valence-electron chi connectivity index (χ2n) is 9.13. The molecule has 9 nitrogen and oxygen atoms in total. The topological polar surface area (TPSA) is 124 Å². The normalized spacial score (nSPS) is 12.1. The lowest BCUT2D eigenvalue weighted by atomic mass is 10.1. The number of carbonyl (C=O) groups is 1. The van der Waals surface area contributed by atoms with Gasteiger partial charge in [-0.2, -0.15) is 18.3 Å². The number of aromatic nitrogens is 4. The summed E-state index contributed by atoms with van der Waals surface area (Å²) < 4.78 is 68.1. The summed E-state index contributed by atoms with van der Waals surface area (Å²) in [7, 11) is -4.35. The molecule has 5 rings (SSSR count). The zero-order valence-electron chi connectivity index (χ0n) is 21.2. The molecule has 5 aromatic rings. The van der Waals surface area contributed by atoms with E-state index in [1.165, 1.54) is 24.4 Å². The molecule has 0 aliphatic heterocycles. The fraction of sp³-hybridized carbons (Fsp3) is 0.148. The third-order valence-corrected chi connectivity index (χ3v) is 8.49. The molecule has 212 valence electrons. The van der Waals surface area contributed by atoms with Crippen molar-refractivity contribution in [1.29, 1.82) is 0 Å². The molecule has 0 saturated heterocycles. The molecule has 0 aliphatic rings. The fourth-order valence-electron chi connectivity index (χ4n) is 4.33. The third kappa shape index (κ3) is 5.50. The predicted molar refractivity (Wildman–Crippen MR) is 143 cm³/mol. The van der Waals surface area contributed by atoms with Crippen LogP contribution in [-0.2, 0) is 22.6 Å². The minimum atomic E-state index is -4.67. The summed E-state index contributed by atoms with van der Waals surface area (Å²) in [6.45, 7) is 1.39. The number of aromatic amines is 1. The van der Waals surface area contributed by atoms with Gasteiger partial charge in [-0.05, 0) is 61.4 Å². The van der Waals surface area contributed by atoms with Crippen molar-refractivity contribution in [1.82, 2.24) is 24.1 Å². The van der Waals surface area contributed by atoms with Crippen LogP contribution in [0.3, 0.4) is 0 Å². The fourth-order valence-corrected chi connectivity index (χ4v) is 5.85. The number of hydrogen-bond acceptors (Lipinski definition) is 6. The molecule has 0 aliphatic carbocycles. The molecule has 0 fully saturated rings. The Balaban J connectivity index is 1.47. The average molecular weight is 603 g/mol. The Hall–Kier alpha value is -4.36. The summed E-state index contributed by atoms with van der Waals surface area (Å²) in [6.07, 6.45) is -5.01. The molecule has 41 heavy (non-hydrogen) atoms. The molecule has 14 heteroatoms. The highest BCUT2D eigenvalue weighted by Crippen LogP contribution is 2.38. The van der Waals surface area contributed by atoms with Crippen molar-refractivity contribution in [2.45, 2.75) is 24.4 Å². The summed E-state index contributed by atoms with van der Waals surface area (Å²) in [4.78, 5) is 16.0. The first kappa shape index (κ1) is 28.2. The van der Waals surface area contributed by atoms with Gasteiger partial charge in [0.2, 0.25) is 0 Å². The van der Waals surface area contributed by atoms with E-state index in [1.807, 2.05) is 0 Å². The van der Waals surface area contributed by atoms with Crippen LogP contribution in [-0.4, -0.2) is 45.1 Å². The lowest BCUT2D eigenvalue weighted by molar-refractivity contribution is -0.259. The predicted octanol–water partition coefficient (Wildman–Crippen LogP) is 4.97. The Morgan fingerprint density at radius 3 is 2.34 bits per heavy atom. The lowest BCUT2D eigenvalue weighted by Gasteiger charge is -2.24. The Morgan fingerprint density at radius 1 is 1.07 bits per heavy atom. The standard InChI is InChI=1S/C27H21ClF3N5O4S/c1-16-2-8-19(9-3-16)41(39,40)35(26(37)38)13-11-17-4-6-18(7-5-17)36-24-15-21(28)20(27(29,30)31)14-23(24)33-25(36)22-10-12-32-34-22/h2-10,12,14-15H,11,13H2,1H3,(H,32,34)(H,37,38)/p-1. The number of alkyl halides is 3. The van der Waals surface area contributed by atoms with Crippen LogP contribution in [0, 0.1) is 6.92 Å². The minimum Gasteiger partial charge on any atom is -0.529 e. The maximum atomic E-state index is 13.5. The van der Waals surface area contributed by atoms with Crippen LogP contribution in [0.15, 0.2) is 77.8 Å². The molecular weight excluding hydrogens is 583 g/mol. The smallest absolute Gasteiger partial charge is 0.417 e. The maximum Gasteiger partial charge on any atom is 0.417 e. The summed E-state index contributed by atoms with van der Waals surface area (Å²) in [5.41, 5.74) is 1.73. The van der Waals surface area contributed by atoms with Gasteiger partial charge in [0.25, 0.3) is 10.0 Å². The zero-order valence-corrected chi connectivity index (χ0v) is 22.8. The van der Waals surface area contributed by atoms with Crippen molar-refractivity contribution in [3.63, 3.8) is 0 Å². The number of nitrogens with one attached hydrogen (secondary N) is 1. The van der Waals surface area contributed by atoms with E-state index in [2.05, 4.69) is 15.2 Å². The molecule has 2 aromatic heterocycles. The van der Waals surface area contributed by atoms with Crippen molar-refractivity contribution in [3.8, 4) is 17.2 Å². The molecule has 0 saturated carbocycles. The maximum absolute atomic E-state index is 13.5. The van der Waals surface area contributed by atoms with Crippen molar-refractivity contribution in [3.05, 3.63) is 94.6 Å². The number of amides is 1. The van der Waals surface area contributed by atoms with E-state index in [0.717, 1.165) is 11.6 Å². The minimum absolute atomic E-state index is 0.0399. The van der Waals surface area contributed by atoms with Crippen LogP contribution >= 0.6 is 11.6 Å². The summed E-state index contributed by atoms with van der Waals surface area (Å²) in [5.74, 6) is 0.285. The molecule has 1 N–H and O–H groups in total. The molecule has 3 aromatic carbocycles. The second kappa shape index (κ2) is 10.6. The highest BCUT2D eigenvalue weighted by molar-refractivity contribution is 7.89. The van der Waals surface area contributed by atoms with Crippen LogP contribution in [0.4, 0.5) is 18.0 Å². The highest BCUT2D eigenvalue weighted by atomic mass is 35.5. The highest BCUT2D eigenvalue weighted by Gasteiger charge is 2.34. The van der Waals surface area contributed by atoms with E-state index in [4.69, 9.17) is 11.6 Å². The number of nitrogens with zero attached hydrogens (tertiary/aromatic N) is 4. The number of fused-ring (bicyclic) bond motifs is 1. The van der Waals surface area contributed by atoms with Crippen molar-refractivity contribution < 1.29 is 31.5 Å². The van der Waals surface area contributed by atoms with Crippen LogP contribution in [0.5, 0.6) is 0 Å². The van der Waals surface area contributed by atoms with E-state index in [0.29, 0.717) is 22.5 Å². The number of H-pyrrole nitrogens is 1. The summed E-state index contributed by atoms with van der Waals surface area (Å²) in [6, 6.07) is 16.1. The van der Waals surface area contributed by atoms with Crippen LogP contribution in [0.25, 0.3) is 28.2 Å². The molecule has 0 spiro atoms. The molecule has 2 heterocycles. The summed E-state index contributed by atoms with van der Waals surface area (Å²) >= 11 is 6.00. The largest absolute Gasteiger partial charge is 0.529 e. The monoisotopic (exact) mass is 602 g/mol. The SMILES string of the molecule is Cc1ccc(S(=O)(=O)N(CCc2ccc(-n3c(-c4ccn[nH]4)nc4cc(C(F)(F)F)c(Cl)cc43)cc2)C(=O)[O-])cc1. The number of hydrogen-bond donors (Lipinski definition) is 1. The quantitative estimate of drug-likeness (QED) is 0.280. The van der Waals surface area contributed by atoms with Crippen molar-refractivity contribution in [2.75, 3.05) is 6.54 Å². The molecule has 0 bridgehead atoms. The number of imidazole rings is 1. The summed E-state index contributed by atoms with van der Waals surface area (Å²) in [5, 5.41) is 17.9. The van der Waals surface area contributed by atoms with Gasteiger partial charge in [-0.15, -0.1) is 0 Å². The van der Waals surface area contributed by atoms with Crippen LogP contribution < -0.4 is 5.11 Å². The Morgan fingerprint density at radius 2 is 1.76 bits per heavy atom. The van der Waals surface area contributed by atoms with Gasteiger partial charge in [-0.25, -0.2) is 13.4 Å². The zero-order chi connectivity index (χ0) is 29.5. The van der Waals surface area contributed by atoms with Crippen LogP contribution in [0.2, 0.25) is 5.02 Å². The van der Waals surface area contributed by atoms with E-state index in [-0.39, 0.29) is 33.5 Å². The van der Waals surface area contributed by atoms with Gasteiger partial charge in [0.15, 0.2) is 11.9 Å². The Bertz CT molecular complexity index is 1840. The molecular formula is C27H20ClF3N5O4S-. The molecule has 0 radical (unpaired) electrons. The van der Waals surface area contributed by atoms with E-state index in [1.54, 1.807) is 54.0 Å². The Labute approximate surface area is 236 Å². The average Bonchev–Trinajstić information content (AvgIpc) is 3.56. The Kier molecular flexibility index (Phi) is 7.26. The van der Waals surface area contributed by atoms with E-state index >= 15 is 0 Å². The van der Waals surface area contributed by atoms with Crippen LogP contribution in [0.1, 0.15) is 16.7 Å². The number of sulfonamides is 1. The molecule has 0 atom stereocenters. The van der Waals surface area contributed by atoms with Gasteiger partial charge in [-0.1, -0.05) is 41.4 Å². The van der Waals surface area contributed by atoms with Gasteiger partial charge < -0.3 is 9.90 Å². The van der Waals surface area contributed by atoms with E-state index < -0.39 is 32.9 Å². The van der Waals surface area contributed by atoms with Gasteiger partial charge in [0, 0.05) is 18.4 Å². The number of benzene rings is 3. The van der Waals surface area contributed by atoms with Crippen molar-refractivity contribution >= 4 is 38.8 Å². The number of aryl methyl sites for hydroxylation is 1. The number of carboxylic acid groups (broad SMARTS) is 1. The number of carbonyl (C=O) groups excluding carboxylic acids is 1. The van der Waals surface area contributed by atoms with Crippen molar-refractivity contribution in [2.24, 2.45) is 0 Å². The van der Waals surface area contributed by atoms with Gasteiger partial charge in [0.05, 0.1) is 26.5 Å². The molecule has 1 amide bonds. The van der Waals surface area contributed by atoms with Gasteiger partial charge in [-0.3, -0.25) is 14.0 Å². The molecule has 0 unspecified atom stereocenters. The first-order chi connectivity index (χ1) is 19.4. The second-order valence-corrected chi connectivity index (χ2v) is 11.4.